The molecule has 1 fully saturated rings. The van der Waals surface area contributed by atoms with Crippen LogP contribution in [0.2, 0.25) is 0 Å². The summed E-state index contributed by atoms with van der Waals surface area (Å²) in [6, 6.07) is 7.44. The predicted octanol–water partition coefficient (Wildman–Crippen LogP) is 4.03. The van der Waals surface area contributed by atoms with Gasteiger partial charge in [-0.25, -0.2) is 0 Å². The molecule has 1 aromatic carbocycles. The van der Waals surface area contributed by atoms with Gasteiger partial charge in [0, 0.05) is 16.9 Å². The molecule has 27 heavy (non-hydrogen) atoms. The van der Waals surface area contributed by atoms with Crippen LogP contribution in [0.5, 0.6) is 5.75 Å². The summed E-state index contributed by atoms with van der Waals surface area (Å²) in [4.78, 5) is 19.7. The summed E-state index contributed by atoms with van der Waals surface area (Å²) < 4.78 is 10.7. The van der Waals surface area contributed by atoms with Crippen molar-refractivity contribution in [1.82, 2.24) is 15.0 Å². The molecule has 2 heterocycles. The summed E-state index contributed by atoms with van der Waals surface area (Å²) >= 11 is 0. The highest BCUT2D eigenvalue weighted by atomic mass is 16.5. The molecule has 0 radical (unpaired) electrons. The molecular weight excluding hydrogens is 342 g/mol. The lowest BCUT2D eigenvalue weighted by molar-refractivity contribution is 0.0774. The standard InChI is InChI=1S/C21H29N3O3/c1-14(19-22-20(23-27-19)21(2,3)4)24-12-10-16(11-13-24)18(25)15-6-8-17(26-5)9-7-15/h6-9,14,16H,10-13H2,1-5H3/t14-/m1/s1. The van der Waals surface area contributed by atoms with Gasteiger partial charge in [-0.15, -0.1) is 0 Å². The second-order valence-electron chi connectivity index (χ2n) is 8.29. The van der Waals surface area contributed by atoms with E-state index in [1.54, 1.807) is 7.11 Å². The fraction of sp³-hybridized carbons (Fsp3) is 0.571. The lowest BCUT2D eigenvalue weighted by atomic mass is 9.88. The quantitative estimate of drug-likeness (QED) is 0.739. The molecule has 6 nitrogen and oxygen atoms in total. The maximum Gasteiger partial charge on any atom is 0.243 e. The lowest BCUT2D eigenvalue weighted by Gasteiger charge is -2.34. The van der Waals surface area contributed by atoms with Crippen molar-refractivity contribution in [2.45, 2.75) is 52.0 Å². The summed E-state index contributed by atoms with van der Waals surface area (Å²) in [5.74, 6) is 2.44. The van der Waals surface area contributed by atoms with Gasteiger partial charge in [-0.1, -0.05) is 25.9 Å². The van der Waals surface area contributed by atoms with E-state index < -0.39 is 0 Å². The second-order valence-corrected chi connectivity index (χ2v) is 8.29. The Hall–Kier alpha value is -2.21. The first kappa shape index (κ1) is 19.5. The van der Waals surface area contributed by atoms with Crippen LogP contribution >= 0.6 is 0 Å². The molecule has 0 unspecified atom stereocenters. The van der Waals surface area contributed by atoms with Crippen LogP contribution in [-0.2, 0) is 5.41 Å². The highest BCUT2D eigenvalue weighted by Gasteiger charge is 2.31. The van der Waals surface area contributed by atoms with Gasteiger partial charge in [0.2, 0.25) is 5.89 Å². The molecule has 6 heteroatoms. The third-order valence-electron chi connectivity index (χ3n) is 5.29. The number of likely N-dealkylation sites (tertiary alicyclic amines) is 1. The van der Waals surface area contributed by atoms with E-state index in [1.165, 1.54) is 0 Å². The van der Waals surface area contributed by atoms with Crippen LogP contribution < -0.4 is 4.74 Å². The number of aromatic nitrogens is 2. The van der Waals surface area contributed by atoms with Crippen LogP contribution in [0.15, 0.2) is 28.8 Å². The number of carbonyl (C=O) groups is 1. The van der Waals surface area contributed by atoms with Gasteiger partial charge in [-0.05, 0) is 57.1 Å². The SMILES string of the molecule is COc1ccc(C(=O)C2CCN([C@H](C)c3nc(C(C)(C)C)no3)CC2)cc1. The largest absolute Gasteiger partial charge is 0.497 e. The smallest absolute Gasteiger partial charge is 0.243 e. The molecule has 1 aromatic heterocycles. The van der Waals surface area contributed by atoms with Crippen LogP contribution in [0.4, 0.5) is 0 Å². The molecule has 3 rings (SSSR count). The zero-order valence-electron chi connectivity index (χ0n) is 16.9. The van der Waals surface area contributed by atoms with Crippen molar-refractivity contribution in [1.29, 1.82) is 0 Å². The Labute approximate surface area is 160 Å². The van der Waals surface area contributed by atoms with Gasteiger partial charge >= 0.3 is 0 Å². The minimum Gasteiger partial charge on any atom is -0.497 e. The third-order valence-corrected chi connectivity index (χ3v) is 5.29. The van der Waals surface area contributed by atoms with Gasteiger partial charge in [-0.2, -0.15) is 4.98 Å². The van der Waals surface area contributed by atoms with Crippen LogP contribution in [0.1, 0.15) is 68.7 Å². The fourth-order valence-electron chi connectivity index (χ4n) is 3.41. The Morgan fingerprint density at radius 1 is 1.22 bits per heavy atom. The number of ether oxygens (including phenoxy) is 1. The normalized spacial score (nSPS) is 17.7. The number of rotatable bonds is 5. The van der Waals surface area contributed by atoms with Gasteiger partial charge in [0.05, 0.1) is 13.2 Å². The van der Waals surface area contributed by atoms with E-state index in [-0.39, 0.29) is 23.2 Å². The molecule has 146 valence electrons. The van der Waals surface area contributed by atoms with Gasteiger partial charge in [0.1, 0.15) is 5.75 Å². The lowest BCUT2D eigenvalue weighted by Crippen LogP contribution is -2.38. The number of nitrogens with zero attached hydrogens (tertiary/aromatic N) is 3. The number of hydrogen-bond acceptors (Lipinski definition) is 6. The maximum atomic E-state index is 12.8. The number of Topliss-reactive ketones (excluding diaryl/α,β-unsaturated/α-hetero) is 1. The van der Waals surface area contributed by atoms with Crippen molar-refractivity contribution < 1.29 is 14.1 Å². The fourth-order valence-corrected chi connectivity index (χ4v) is 3.41. The molecule has 1 atom stereocenters. The number of methoxy groups -OCH3 is 1. The summed E-state index contributed by atoms with van der Waals surface area (Å²) in [5, 5.41) is 4.12. The van der Waals surface area contributed by atoms with E-state index in [1.807, 2.05) is 24.3 Å². The number of piperidine rings is 1. The first-order valence-corrected chi connectivity index (χ1v) is 9.56. The number of hydrogen-bond donors (Lipinski definition) is 0. The number of benzene rings is 1. The predicted molar refractivity (Wildman–Crippen MR) is 103 cm³/mol. The van der Waals surface area contributed by atoms with Crippen molar-refractivity contribution in [2.75, 3.05) is 20.2 Å². The van der Waals surface area contributed by atoms with Crippen molar-refractivity contribution in [2.24, 2.45) is 5.92 Å². The van der Waals surface area contributed by atoms with Crippen LogP contribution in [-0.4, -0.2) is 41.0 Å². The first-order chi connectivity index (χ1) is 12.8. The molecule has 0 saturated carbocycles. The Morgan fingerprint density at radius 2 is 1.85 bits per heavy atom. The van der Waals surface area contributed by atoms with Crippen molar-refractivity contribution in [3.63, 3.8) is 0 Å². The van der Waals surface area contributed by atoms with Crippen LogP contribution in [0.3, 0.4) is 0 Å². The molecule has 1 saturated heterocycles. The minimum atomic E-state index is -0.126. The summed E-state index contributed by atoms with van der Waals surface area (Å²) in [5.41, 5.74) is 0.633. The average Bonchev–Trinajstić information content (AvgIpc) is 3.18. The van der Waals surface area contributed by atoms with Crippen molar-refractivity contribution in [3.05, 3.63) is 41.5 Å². The molecule has 0 bridgehead atoms. The molecule has 0 aliphatic carbocycles. The van der Waals surface area contributed by atoms with E-state index in [2.05, 4.69) is 42.7 Å². The molecule has 2 aromatic rings. The second kappa shape index (κ2) is 7.80. The zero-order valence-corrected chi connectivity index (χ0v) is 16.9. The summed E-state index contributed by atoms with van der Waals surface area (Å²) in [7, 11) is 1.63. The van der Waals surface area contributed by atoms with Crippen LogP contribution in [0, 0.1) is 5.92 Å². The Kier molecular flexibility index (Phi) is 5.65. The molecular formula is C21H29N3O3. The molecule has 0 spiro atoms. The minimum absolute atomic E-state index is 0.0608. The number of carbonyl (C=O) groups excluding carboxylic acids is 1. The van der Waals surface area contributed by atoms with E-state index in [0.717, 1.165) is 43.1 Å². The van der Waals surface area contributed by atoms with E-state index in [0.29, 0.717) is 5.89 Å². The Balaban J connectivity index is 1.59. The topological polar surface area (TPSA) is 68.5 Å². The Morgan fingerprint density at radius 3 is 2.37 bits per heavy atom. The van der Waals surface area contributed by atoms with Crippen LogP contribution in [0.25, 0.3) is 0 Å². The van der Waals surface area contributed by atoms with E-state index in [4.69, 9.17) is 9.26 Å². The highest BCUT2D eigenvalue weighted by Crippen LogP contribution is 2.29. The van der Waals surface area contributed by atoms with Crippen molar-refractivity contribution >= 4 is 5.78 Å². The van der Waals surface area contributed by atoms with Crippen molar-refractivity contribution in [3.8, 4) is 5.75 Å². The van der Waals surface area contributed by atoms with E-state index in [9.17, 15) is 4.79 Å². The van der Waals surface area contributed by atoms with Gasteiger partial charge in [0.25, 0.3) is 0 Å². The van der Waals surface area contributed by atoms with E-state index >= 15 is 0 Å². The summed E-state index contributed by atoms with van der Waals surface area (Å²) in [6.07, 6.45) is 1.69. The summed E-state index contributed by atoms with van der Waals surface area (Å²) in [6.45, 7) is 10.0. The van der Waals surface area contributed by atoms with Gasteiger partial charge in [-0.3, -0.25) is 9.69 Å². The van der Waals surface area contributed by atoms with Gasteiger partial charge in [0.15, 0.2) is 11.6 Å². The monoisotopic (exact) mass is 371 g/mol. The Bertz CT molecular complexity index is 769. The average molecular weight is 371 g/mol. The highest BCUT2D eigenvalue weighted by molar-refractivity contribution is 5.98. The number of ketones is 1. The first-order valence-electron chi connectivity index (χ1n) is 9.56. The zero-order chi connectivity index (χ0) is 19.6. The molecule has 1 aliphatic rings. The maximum absolute atomic E-state index is 12.8. The molecule has 1 aliphatic heterocycles. The molecule has 0 N–H and O–H groups in total. The molecule has 0 amide bonds. The third kappa shape index (κ3) is 4.38. The van der Waals surface area contributed by atoms with Gasteiger partial charge < -0.3 is 9.26 Å².